The molecule has 0 aliphatic heterocycles. The van der Waals surface area contributed by atoms with Crippen molar-refractivity contribution in [3.05, 3.63) is 12.2 Å². The van der Waals surface area contributed by atoms with Gasteiger partial charge in [-0.2, -0.15) is 0 Å². The first-order valence-corrected chi connectivity index (χ1v) is 1.73. The van der Waals surface area contributed by atoms with Gasteiger partial charge in [-0.05, 0) is 12.2 Å². The maximum Gasteiger partial charge on any atom is 1.00 e. The quantitative estimate of drug-likeness (QED) is 0.294. The monoisotopic (exact) mass is 164 g/mol. The largest absolute Gasteiger partial charge is 1.00 e. The van der Waals surface area contributed by atoms with Gasteiger partial charge < -0.3 is 30.8 Å². The Morgan fingerprint density at radius 3 is 1.08 bits per heavy atom. The van der Waals surface area contributed by atoms with Crippen LogP contribution in [0.5, 0.6) is 0 Å². The second kappa shape index (κ2) is 17.0. The Morgan fingerprint density at radius 2 is 1.00 bits per heavy atom. The van der Waals surface area contributed by atoms with Gasteiger partial charge in [0.2, 0.25) is 0 Å². The summed E-state index contributed by atoms with van der Waals surface area (Å²) < 4.78 is 0. The van der Waals surface area contributed by atoms with Crippen LogP contribution in [0.15, 0.2) is 12.2 Å². The van der Waals surface area contributed by atoms with E-state index >= 15 is 0 Å². The molecule has 0 spiro atoms. The van der Waals surface area contributed by atoms with Gasteiger partial charge in [-0.25, -0.2) is 0 Å². The average Bonchev–Trinajstić information content (AvgIpc) is 1.61. The number of carbonyl (C=O) groups is 2. The molecule has 0 rings (SSSR count). The first-order chi connectivity index (χ1) is 3.63. The molecule has 0 fully saturated rings. The fraction of sp³-hybridized carbons (Fsp3) is 0. The molecule has 0 aromatic heterocycles. The maximum atomic E-state index is 9.41. The van der Waals surface area contributed by atoms with Crippen LogP contribution in [0, 0.1) is 0 Å². The predicted octanol–water partition coefficient (Wildman–Crippen LogP) is -10.6. The number of rotatable bonds is 2. The zero-order valence-corrected chi connectivity index (χ0v) is 6.79. The molecule has 0 saturated heterocycles. The molecule has 0 heterocycles. The fourth-order valence-corrected chi connectivity index (χ4v) is 0.136. The van der Waals surface area contributed by atoms with E-state index in [4.69, 9.17) is 0 Å². The van der Waals surface area contributed by atoms with Gasteiger partial charge in [0.15, 0.2) is 0 Å². The molecule has 0 radical (unpaired) electrons. The van der Waals surface area contributed by atoms with Crippen LogP contribution in [-0.4, -0.2) is 22.9 Å². The van der Waals surface area contributed by atoms with Crippen LogP contribution in [0.3, 0.4) is 0 Å². The Hall–Kier alpha value is -0.205. The van der Waals surface area contributed by atoms with E-state index < -0.39 is 11.9 Å². The van der Waals surface area contributed by atoms with Crippen LogP contribution < -0.4 is 47.9 Å². The van der Waals surface area contributed by atoms with Gasteiger partial charge in [-0.15, -0.1) is 0 Å². The molecule has 8 heteroatoms. The molecule has 0 amide bonds. The van der Waals surface area contributed by atoms with E-state index in [0.717, 1.165) is 0 Å². The third-order valence-corrected chi connectivity index (χ3v) is 0.355. The first-order valence-electron chi connectivity index (χ1n) is 1.73. The maximum absolute atomic E-state index is 9.41. The van der Waals surface area contributed by atoms with E-state index in [1.54, 1.807) is 0 Å². The molecule has 6 nitrogen and oxygen atoms in total. The predicted molar refractivity (Wildman–Crippen MR) is 26.4 cm³/mol. The first kappa shape index (κ1) is 29.8. The van der Waals surface area contributed by atoms with Crippen molar-refractivity contribution in [2.45, 2.75) is 0 Å². The summed E-state index contributed by atoms with van der Waals surface area (Å²) >= 11 is 0. The van der Waals surface area contributed by atoms with Crippen molar-refractivity contribution in [1.29, 1.82) is 0 Å². The third-order valence-electron chi connectivity index (χ3n) is 0.355. The van der Waals surface area contributed by atoms with Gasteiger partial charge in [-0.3, -0.25) is 0 Å². The van der Waals surface area contributed by atoms with Gasteiger partial charge >= 0.3 is 37.7 Å². The molecule has 0 aromatic carbocycles. The van der Waals surface area contributed by atoms with Crippen molar-refractivity contribution in [1.82, 2.24) is 0 Å². The molecule has 0 aromatic rings. The molecule has 4 N–H and O–H groups in total. The summed E-state index contributed by atoms with van der Waals surface area (Å²) in [6, 6.07) is 0. The van der Waals surface area contributed by atoms with Crippen molar-refractivity contribution in [3.63, 3.8) is 0 Å². The van der Waals surface area contributed by atoms with Crippen molar-refractivity contribution < 1.29 is 68.5 Å². The SMILES string of the molecule is O.O.O=C([O-])/C=C\C(=O)[O-].[Li+].[Li+]. The number of carboxylic acids is 2. The minimum atomic E-state index is -1.55. The van der Waals surface area contributed by atoms with Gasteiger partial charge in [0.05, 0.1) is 11.9 Å². The molecule has 0 aliphatic rings. The molecular formula is C4H6Li2O6. The van der Waals surface area contributed by atoms with E-state index in [0.29, 0.717) is 12.2 Å². The van der Waals surface area contributed by atoms with Crippen LogP contribution in [-0.2, 0) is 9.59 Å². The minimum Gasteiger partial charge on any atom is -0.545 e. The average molecular weight is 164 g/mol. The Bertz CT molecular complexity index is 128. The summed E-state index contributed by atoms with van der Waals surface area (Å²) in [5, 5.41) is 18.8. The summed E-state index contributed by atoms with van der Waals surface area (Å²) in [6.07, 6.45) is 0.769. The summed E-state index contributed by atoms with van der Waals surface area (Å²) in [5.74, 6) is -3.09. The molecule has 0 unspecified atom stereocenters. The van der Waals surface area contributed by atoms with Crippen molar-refractivity contribution >= 4 is 11.9 Å². The topological polar surface area (TPSA) is 143 Å². The summed E-state index contributed by atoms with van der Waals surface area (Å²) in [4.78, 5) is 18.8. The molecule has 12 heavy (non-hydrogen) atoms. The van der Waals surface area contributed by atoms with E-state index in [2.05, 4.69) is 0 Å². The Morgan fingerprint density at radius 1 is 0.833 bits per heavy atom. The molecule has 60 valence electrons. The third kappa shape index (κ3) is 33.0. The minimum absolute atomic E-state index is 0. The molecule has 0 saturated carbocycles. The zero-order valence-electron chi connectivity index (χ0n) is 6.79. The standard InChI is InChI=1S/C4H4O4.2Li.2H2O/c5-3(6)1-2-4(7)8;;;;/h1-2H,(H,5,6)(H,7,8);;;2*1H2/q;2*+1;;/p-2/b2-1-;;;;. The molecular weight excluding hydrogens is 158 g/mol. The Kier molecular flexibility index (Phi) is 42.3. The zero-order chi connectivity index (χ0) is 6.57. The molecule has 0 atom stereocenters. The Labute approximate surface area is 92.6 Å². The van der Waals surface area contributed by atoms with Crippen molar-refractivity contribution in [2.75, 3.05) is 0 Å². The van der Waals surface area contributed by atoms with E-state index in [9.17, 15) is 19.8 Å². The van der Waals surface area contributed by atoms with Crippen LogP contribution in [0.25, 0.3) is 0 Å². The normalized spacial score (nSPS) is 6.33. The summed E-state index contributed by atoms with van der Waals surface area (Å²) in [6.45, 7) is 0. The number of carbonyl (C=O) groups excluding carboxylic acids is 2. The van der Waals surface area contributed by atoms with E-state index in [-0.39, 0.29) is 48.7 Å². The fourth-order valence-electron chi connectivity index (χ4n) is 0.136. The van der Waals surface area contributed by atoms with Gasteiger partial charge in [-0.1, -0.05) is 0 Å². The van der Waals surface area contributed by atoms with Gasteiger partial charge in [0.25, 0.3) is 0 Å². The number of hydrogen-bond donors (Lipinski definition) is 0. The second-order valence-electron chi connectivity index (χ2n) is 0.971. The smallest absolute Gasteiger partial charge is 0.545 e. The van der Waals surface area contributed by atoms with Crippen LogP contribution >= 0.6 is 0 Å². The summed E-state index contributed by atoms with van der Waals surface area (Å²) in [7, 11) is 0. The number of aliphatic carboxylic acids is 2. The van der Waals surface area contributed by atoms with Crippen LogP contribution in [0.2, 0.25) is 0 Å². The number of carboxylic acid groups (broad SMARTS) is 2. The van der Waals surface area contributed by atoms with Crippen LogP contribution in [0.1, 0.15) is 0 Å². The molecule has 0 aliphatic carbocycles. The summed E-state index contributed by atoms with van der Waals surface area (Å²) in [5.41, 5.74) is 0. The molecule has 0 bridgehead atoms. The van der Waals surface area contributed by atoms with Crippen LogP contribution in [0.4, 0.5) is 0 Å². The second-order valence-corrected chi connectivity index (χ2v) is 0.971. The van der Waals surface area contributed by atoms with Gasteiger partial charge in [0, 0.05) is 0 Å². The van der Waals surface area contributed by atoms with Gasteiger partial charge in [0.1, 0.15) is 0 Å². The van der Waals surface area contributed by atoms with Crippen molar-refractivity contribution in [3.8, 4) is 0 Å². The van der Waals surface area contributed by atoms with Crippen molar-refractivity contribution in [2.24, 2.45) is 0 Å². The Balaban J connectivity index is -0.0000000408. The van der Waals surface area contributed by atoms with E-state index in [1.165, 1.54) is 0 Å². The number of hydrogen-bond acceptors (Lipinski definition) is 4. The van der Waals surface area contributed by atoms with E-state index in [1.807, 2.05) is 0 Å².